The van der Waals surface area contributed by atoms with Gasteiger partial charge in [0.25, 0.3) is 0 Å². The number of hydrogen-bond acceptors (Lipinski definition) is 2. The fourth-order valence-corrected chi connectivity index (χ4v) is 4.57. The van der Waals surface area contributed by atoms with Crippen LogP contribution >= 0.6 is 0 Å². The van der Waals surface area contributed by atoms with Crippen LogP contribution in [0.1, 0.15) is 108 Å². The molecule has 0 atom stereocenters. The van der Waals surface area contributed by atoms with Crippen LogP contribution in [0.5, 0.6) is 11.5 Å². The Hall–Kier alpha value is -1.18. The molecule has 2 heteroatoms. The quantitative estimate of drug-likeness (QED) is 0.357. The lowest BCUT2D eigenvalue weighted by atomic mass is 9.94. The summed E-state index contributed by atoms with van der Waals surface area (Å²) in [7, 11) is 0. The molecule has 0 aliphatic heterocycles. The molecule has 1 aromatic carbocycles. The number of phenolic OH excluding ortho intramolecular Hbond substituents is 2. The number of hydrogen-bond donors (Lipinski definition) is 2. The molecule has 0 spiro atoms. The Bertz CT molecular complexity index is 611. The normalized spacial score (nSPS) is 19.2. The standard InChI is InChI=1S/C25H40O2/c1-3-25(18-19-25)15-8-5-4-6-10-20-12-13-22(26)21(23(20)27)11-7-9-14-24(2)16-17-24/h12-13,26-27H,3-11,14-19H2,1-2H3. The second-order valence-corrected chi connectivity index (χ2v) is 9.86. The van der Waals surface area contributed by atoms with Crippen molar-refractivity contribution in [3.05, 3.63) is 23.3 Å². The molecular formula is C25H40O2. The Morgan fingerprint density at radius 3 is 2.15 bits per heavy atom. The van der Waals surface area contributed by atoms with E-state index in [-0.39, 0.29) is 5.75 Å². The van der Waals surface area contributed by atoms with Crippen LogP contribution in [0, 0.1) is 10.8 Å². The summed E-state index contributed by atoms with van der Waals surface area (Å²) >= 11 is 0. The van der Waals surface area contributed by atoms with Gasteiger partial charge in [0.2, 0.25) is 0 Å². The molecule has 0 bridgehead atoms. The smallest absolute Gasteiger partial charge is 0.125 e. The van der Waals surface area contributed by atoms with E-state index < -0.39 is 0 Å². The van der Waals surface area contributed by atoms with Crippen LogP contribution in [-0.2, 0) is 12.8 Å². The third kappa shape index (κ3) is 5.90. The van der Waals surface area contributed by atoms with Crippen LogP contribution in [0.25, 0.3) is 0 Å². The van der Waals surface area contributed by atoms with E-state index in [1.165, 1.54) is 70.6 Å². The summed E-state index contributed by atoms with van der Waals surface area (Å²) in [6.07, 6.45) is 18.7. The molecule has 0 aromatic heterocycles. The van der Waals surface area contributed by atoms with E-state index in [1.54, 1.807) is 6.07 Å². The van der Waals surface area contributed by atoms with E-state index >= 15 is 0 Å². The number of phenols is 2. The highest BCUT2D eigenvalue weighted by Gasteiger charge is 2.39. The van der Waals surface area contributed by atoms with Gasteiger partial charge in [0.05, 0.1) is 0 Å². The number of aromatic hydroxyl groups is 2. The van der Waals surface area contributed by atoms with E-state index in [0.29, 0.717) is 11.2 Å². The molecule has 2 aliphatic rings. The maximum Gasteiger partial charge on any atom is 0.125 e. The molecule has 27 heavy (non-hydrogen) atoms. The third-order valence-electron chi connectivity index (χ3n) is 7.51. The highest BCUT2D eigenvalue weighted by molar-refractivity contribution is 5.48. The predicted octanol–water partition coefficient (Wildman–Crippen LogP) is 7.29. The molecule has 152 valence electrons. The van der Waals surface area contributed by atoms with Gasteiger partial charge in [0.15, 0.2) is 0 Å². The molecule has 2 nitrogen and oxygen atoms in total. The summed E-state index contributed by atoms with van der Waals surface area (Å²) in [6, 6.07) is 3.69. The SMILES string of the molecule is CCC1(CCCCCCc2ccc(O)c(CCCCC3(C)CC3)c2O)CC1. The Morgan fingerprint density at radius 2 is 1.48 bits per heavy atom. The monoisotopic (exact) mass is 372 g/mol. The molecule has 0 unspecified atom stereocenters. The van der Waals surface area contributed by atoms with Gasteiger partial charge in [-0.2, -0.15) is 0 Å². The highest BCUT2D eigenvalue weighted by atomic mass is 16.3. The van der Waals surface area contributed by atoms with Crippen molar-refractivity contribution < 1.29 is 10.2 Å². The molecule has 2 saturated carbocycles. The average Bonchev–Trinajstić information content (AvgIpc) is 3.57. The molecule has 2 fully saturated rings. The Labute approximate surface area is 166 Å². The van der Waals surface area contributed by atoms with Crippen molar-refractivity contribution in [2.45, 2.75) is 110 Å². The summed E-state index contributed by atoms with van der Waals surface area (Å²) in [5.41, 5.74) is 3.11. The fourth-order valence-electron chi connectivity index (χ4n) is 4.57. The zero-order valence-electron chi connectivity index (χ0n) is 17.7. The van der Waals surface area contributed by atoms with Crippen LogP contribution < -0.4 is 0 Å². The molecule has 0 amide bonds. The van der Waals surface area contributed by atoms with Crippen LogP contribution in [0.2, 0.25) is 0 Å². The van der Waals surface area contributed by atoms with Crippen LogP contribution in [0.4, 0.5) is 0 Å². The number of unbranched alkanes of at least 4 members (excludes halogenated alkanes) is 4. The molecule has 0 saturated heterocycles. The minimum absolute atomic E-state index is 0.267. The van der Waals surface area contributed by atoms with Gasteiger partial charge in [0.1, 0.15) is 11.5 Å². The lowest BCUT2D eigenvalue weighted by Crippen LogP contribution is -1.98. The molecule has 2 aliphatic carbocycles. The number of rotatable bonds is 13. The van der Waals surface area contributed by atoms with Crippen molar-refractivity contribution >= 4 is 0 Å². The molecule has 0 radical (unpaired) electrons. The van der Waals surface area contributed by atoms with E-state index in [1.807, 2.05) is 6.07 Å². The zero-order valence-corrected chi connectivity index (χ0v) is 17.7. The van der Waals surface area contributed by atoms with Gasteiger partial charge in [-0.15, -0.1) is 0 Å². The first-order chi connectivity index (χ1) is 13.0. The largest absolute Gasteiger partial charge is 0.508 e. The van der Waals surface area contributed by atoms with Gasteiger partial charge in [-0.05, 0) is 86.7 Å². The third-order valence-corrected chi connectivity index (χ3v) is 7.51. The lowest BCUT2D eigenvalue weighted by molar-refractivity contribution is 0.418. The van der Waals surface area contributed by atoms with Crippen molar-refractivity contribution in [1.29, 1.82) is 0 Å². The first-order valence-electron chi connectivity index (χ1n) is 11.5. The second kappa shape index (κ2) is 8.88. The summed E-state index contributed by atoms with van der Waals surface area (Å²) in [5, 5.41) is 20.8. The van der Waals surface area contributed by atoms with Crippen molar-refractivity contribution in [2.75, 3.05) is 0 Å². The molecule has 1 aromatic rings. The summed E-state index contributed by atoms with van der Waals surface area (Å²) in [4.78, 5) is 0. The highest BCUT2D eigenvalue weighted by Crippen LogP contribution is 2.52. The van der Waals surface area contributed by atoms with Crippen LogP contribution in [0.15, 0.2) is 12.1 Å². The number of aryl methyl sites for hydroxylation is 1. The Morgan fingerprint density at radius 1 is 0.815 bits per heavy atom. The maximum atomic E-state index is 10.6. The number of benzene rings is 1. The van der Waals surface area contributed by atoms with Gasteiger partial charge in [0, 0.05) is 5.56 Å². The summed E-state index contributed by atoms with van der Waals surface area (Å²) in [5.74, 6) is 0.624. The minimum atomic E-state index is 0.267. The first kappa shape index (κ1) is 20.6. The van der Waals surface area contributed by atoms with E-state index in [2.05, 4.69) is 13.8 Å². The van der Waals surface area contributed by atoms with Crippen molar-refractivity contribution in [3.8, 4) is 11.5 Å². The Balaban J connectivity index is 1.37. The van der Waals surface area contributed by atoms with Crippen LogP contribution in [-0.4, -0.2) is 10.2 Å². The second-order valence-electron chi connectivity index (χ2n) is 9.86. The van der Waals surface area contributed by atoms with Gasteiger partial charge in [-0.3, -0.25) is 0 Å². The molecule has 0 heterocycles. The van der Waals surface area contributed by atoms with Crippen molar-refractivity contribution in [3.63, 3.8) is 0 Å². The average molecular weight is 373 g/mol. The van der Waals surface area contributed by atoms with E-state index in [0.717, 1.165) is 42.2 Å². The lowest BCUT2D eigenvalue weighted by Gasteiger charge is -2.13. The summed E-state index contributed by atoms with van der Waals surface area (Å²) in [6.45, 7) is 4.71. The maximum absolute atomic E-state index is 10.6. The zero-order chi connectivity index (χ0) is 19.3. The van der Waals surface area contributed by atoms with Crippen LogP contribution in [0.3, 0.4) is 0 Å². The van der Waals surface area contributed by atoms with Gasteiger partial charge in [-0.1, -0.05) is 52.0 Å². The minimum Gasteiger partial charge on any atom is -0.508 e. The Kier molecular flexibility index (Phi) is 6.76. The predicted molar refractivity (Wildman–Crippen MR) is 113 cm³/mol. The van der Waals surface area contributed by atoms with Crippen molar-refractivity contribution in [1.82, 2.24) is 0 Å². The molecular weight excluding hydrogens is 332 g/mol. The van der Waals surface area contributed by atoms with E-state index in [9.17, 15) is 10.2 Å². The van der Waals surface area contributed by atoms with Gasteiger partial charge < -0.3 is 10.2 Å². The topological polar surface area (TPSA) is 40.5 Å². The molecule has 2 N–H and O–H groups in total. The molecule has 3 rings (SSSR count). The van der Waals surface area contributed by atoms with E-state index in [4.69, 9.17) is 0 Å². The van der Waals surface area contributed by atoms with Gasteiger partial charge in [-0.25, -0.2) is 0 Å². The summed E-state index contributed by atoms with van der Waals surface area (Å²) < 4.78 is 0. The van der Waals surface area contributed by atoms with Crippen molar-refractivity contribution in [2.24, 2.45) is 10.8 Å². The van der Waals surface area contributed by atoms with Gasteiger partial charge >= 0.3 is 0 Å². The fraction of sp³-hybridized carbons (Fsp3) is 0.760. The first-order valence-corrected chi connectivity index (χ1v) is 11.5.